The zero-order valence-corrected chi connectivity index (χ0v) is 9.34. The van der Waals surface area contributed by atoms with E-state index in [9.17, 15) is 4.79 Å². The highest BCUT2D eigenvalue weighted by atomic mass is 16.5. The molecule has 0 spiro atoms. The molecule has 86 valence electrons. The van der Waals surface area contributed by atoms with Crippen molar-refractivity contribution in [3.8, 4) is 0 Å². The largest absolute Gasteiger partial charge is 0.461 e. The Balaban J connectivity index is 1.89. The molecule has 0 aromatic heterocycles. The second-order valence-electron chi connectivity index (χ2n) is 5.03. The molecule has 0 bridgehead atoms. The van der Waals surface area contributed by atoms with Gasteiger partial charge in [-0.15, -0.1) is 0 Å². The third-order valence-corrected chi connectivity index (χ3v) is 3.73. The van der Waals surface area contributed by atoms with Crippen molar-refractivity contribution < 1.29 is 9.53 Å². The van der Waals surface area contributed by atoms with Gasteiger partial charge in [0.05, 0.1) is 0 Å². The Bertz CT molecular complexity index is 228. The van der Waals surface area contributed by atoms with Crippen molar-refractivity contribution >= 4 is 5.97 Å². The van der Waals surface area contributed by atoms with Crippen LogP contribution in [-0.2, 0) is 9.53 Å². The Morgan fingerprint density at radius 1 is 1.07 bits per heavy atom. The topological polar surface area (TPSA) is 52.3 Å². The Labute approximate surface area is 91.4 Å². The third-order valence-electron chi connectivity index (χ3n) is 3.73. The van der Waals surface area contributed by atoms with E-state index in [2.05, 4.69) is 0 Å². The number of carbonyl (C=O) groups excluding carboxylic acids is 1. The number of ether oxygens (including phenoxy) is 1. The SMILES string of the molecule is NC1(C(=O)OC2CCC2)CCCCCC1. The fourth-order valence-electron chi connectivity index (χ4n) is 2.32. The van der Waals surface area contributed by atoms with Crippen LogP contribution >= 0.6 is 0 Å². The standard InChI is InChI=1S/C12H21NO2/c13-12(8-3-1-2-4-9-12)11(14)15-10-6-5-7-10/h10H,1-9,13H2. The number of hydrogen-bond donors (Lipinski definition) is 1. The molecule has 0 radical (unpaired) electrons. The Morgan fingerprint density at radius 3 is 2.13 bits per heavy atom. The lowest BCUT2D eigenvalue weighted by Crippen LogP contribution is -2.50. The maximum atomic E-state index is 11.9. The average molecular weight is 211 g/mol. The van der Waals surface area contributed by atoms with Gasteiger partial charge in [0.2, 0.25) is 0 Å². The molecule has 0 aliphatic heterocycles. The Morgan fingerprint density at radius 2 is 1.67 bits per heavy atom. The minimum atomic E-state index is -0.675. The first-order valence-electron chi connectivity index (χ1n) is 6.21. The fraction of sp³-hybridized carbons (Fsp3) is 0.917. The Hall–Kier alpha value is -0.570. The summed E-state index contributed by atoms with van der Waals surface area (Å²) in [5.41, 5.74) is 5.48. The molecule has 2 N–H and O–H groups in total. The summed E-state index contributed by atoms with van der Waals surface area (Å²) >= 11 is 0. The van der Waals surface area contributed by atoms with Crippen molar-refractivity contribution in [2.24, 2.45) is 5.73 Å². The van der Waals surface area contributed by atoms with E-state index < -0.39 is 5.54 Å². The summed E-state index contributed by atoms with van der Waals surface area (Å²) < 4.78 is 5.42. The predicted octanol–water partition coefficient (Wildman–Crippen LogP) is 2.13. The normalized spacial score (nSPS) is 26.5. The van der Waals surface area contributed by atoms with Crippen molar-refractivity contribution in [2.75, 3.05) is 0 Å². The summed E-state index contributed by atoms with van der Waals surface area (Å²) in [6, 6.07) is 0. The van der Waals surface area contributed by atoms with Crippen molar-refractivity contribution in [1.82, 2.24) is 0 Å². The van der Waals surface area contributed by atoms with Crippen molar-refractivity contribution in [3.05, 3.63) is 0 Å². The number of carbonyl (C=O) groups is 1. The average Bonchev–Trinajstić information content (AvgIpc) is 2.37. The van der Waals surface area contributed by atoms with Gasteiger partial charge in [-0.25, -0.2) is 0 Å². The van der Waals surface area contributed by atoms with E-state index in [-0.39, 0.29) is 12.1 Å². The summed E-state index contributed by atoms with van der Waals surface area (Å²) in [7, 11) is 0. The van der Waals surface area contributed by atoms with Crippen molar-refractivity contribution in [1.29, 1.82) is 0 Å². The number of rotatable bonds is 2. The van der Waals surface area contributed by atoms with E-state index >= 15 is 0 Å². The molecule has 0 heterocycles. The molecular weight excluding hydrogens is 190 g/mol. The molecule has 2 aliphatic carbocycles. The minimum Gasteiger partial charge on any atom is -0.461 e. The van der Waals surface area contributed by atoms with Gasteiger partial charge in [0.1, 0.15) is 11.6 Å². The molecule has 3 nitrogen and oxygen atoms in total. The molecule has 2 rings (SSSR count). The highest BCUT2D eigenvalue weighted by molar-refractivity contribution is 5.80. The third kappa shape index (κ3) is 2.51. The van der Waals surface area contributed by atoms with Crippen LogP contribution in [0.4, 0.5) is 0 Å². The number of esters is 1. The molecule has 15 heavy (non-hydrogen) atoms. The van der Waals surface area contributed by atoms with E-state index in [0.717, 1.165) is 38.5 Å². The Kier molecular flexibility index (Phi) is 3.29. The lowest BCUT2D eigenvalue weighted by molar-refractivity contribution is -0.160. The van der Waals surface area contributed by atoms with Crippen LogP contribution in [0.2, 0.25) is 0 Å². The molecule has 0 saturated heterocycles. The van der Waals surface area contributed by atoms with Gasteiger partial charge in [-0.05, 0) is 32.1 Å². The highest BCUT2D eigenvalue weighted by Gasteiger charge is 2.37. The lowest BCUT2D eigenvalue weighted by atomic mass is 9.90. The number of nitrogens with two attached hydrogens (primary N) is 1. The van der Waals surface area contributed by atoms with Crippen molar-refractivity contribution in [2.45, 2.75) is 69.4 Å². The van der Waals surface area contributed by atoms with E-state index in [1.165, 1.54) is 19.3 Å². The molecule has 0 unspecified atom stereocenters. The van der Waals surface area contributed by atoms with Crippen LogP contribution < -0.4 is 5.73 Å². The summed E-state index contributed by atoms with van der Waals surface area (Å²) in [5.74, 6) is -0.144. The van der Waals surface area contributed by atoms with Gasteiger partial charge in [-0.2, -0.15) is 0 Å². The lowest BCUT2D eigenvalue weighted by Gasteiger charge is -2.31. The van der Waals surface area contributed by atoms with Crippen LogP contribution in [-0.4, -0.2) is 17.6 Å². The van der Waals surface area contributed by atoms with E-state index in [0.29, 0.717) is 0 Å². The first-order chi connectivity index (χ1) is 7.21. The summed E-state index contributed by atoms with van der Waals surface area (Å²) in [4.78, 5) is 11.9. The molecule has 2 saturated carbocycles. The molecule has 0 aromatic rings. The van der Waals surface area contributed by atoms with E-state index in [4.69, 9.17) is 10.5 Å². The summed E-state index contributed by atoms with van der Waals surface area (Å²) in [6.07, 6.45) is 9.56. The number of hydrogen-bond acceptors (Lipinski definition) is 3. The van der Waals surface area contributed by atoms with Crippen LogP contribution in [0.5, 0.6) is 0 Å². The van der Waals surface area contributed by atoms with Gasteiger partial charge in [-0.1, -0.05) is 25.7 Å². The van der Waals surface area contributed by atoms with Gasteiger partial charge >= 0.3 is 5.97 Å². The first-order valence-corrected chi connectivity index (χ1v) is 6.21. The monoisotopic (exact) mass is 211 g/mol. The van der Waals surface area contributed by atoms with Gasteiger partial charge in [-0.3, -0.25) is 4.79 Å². The van der Waals surface area contributed by atoms with Crippen molar-refractivity contribution in [3.63, 3.8) is 0 Å². The molecule has 2 aliphatic rings. The van der Waals surface area contributed by atoms with Gasteiger partial charge in [0.15, 0.2) is 0 Å². The second-order valence-corrected chi connectivity index (χ2v) is 5.03. The quantitative estimate of drug-likeness (QED) is 0.562. The van der Waals surface area contributed by atoms with Gasteiger partial charge in [0, 0.05) is 0 Å². The maximum absolute atomic E-state index is 11.9. The van der Waals surface area contributed by atoms with E-state index in [1.54, 1.807) is 0 Å². The molecular formula is C12H21NO2. The molecule has 0 atom stereocenters. The summed E-state index contributed by atoms with van der Waals surface area (Å²) in [6.45, 7) is 0. The van der Waals surface area contributed by atoms with Gasteiger partial charge < -0.3 is 10.5 Å². The van der Waals surface area contributed by atoms with E-state index in [1.807, 2.05) is 0 Å². The zero-order chi connectivity index (χ0) is 10.7. The molecule has 0 aromatic carbocycles. The minimum absolute atomic E-state index is 0.144. The van der Waals surface area contributed by atoms with Crippen LogP contribution in [0.1, 0.15) is 57.8 Å². The molecule has 2 fully saturated rings. The van der Waals surface area contributed by atoms with Crippen LogP contribution in [0.25, 0.3) is 0 Å². The smallest absolute Gasteiger partial charge is 0.326 e. The molecule has 0 amide bonds. The fourth-order valence-corrected chi connectivity index (χ4v) is 2.32. The summed E-state index contributed by atoms with van der Waals surface area (Å²) in [5, 5.41) is 0. The second kappa shape index (κ2) is 4.52. The predicted molar refractivity (Wildman–Crippen MR) is 58.4 cm³/mol. The first kappa shape index (κ1) is 10.9. The van der Waals surface area contributed by atoms with Crippen LogP contribution in [0, 0.1) is 0 Å². The molecule has 3 heteroatoms. The zero-order valence-electron chi connectivity index (χ0n) is 9.34. The van der Waals surface area contributed by atoms with Crippen LogP contribution in [0.3, 0.4) is 0 Å². The van der Waals surface area contributed by atoms with Crippen LogP contribution in [0.15, 0.2) is 0 Å². The maximum Gasteiger partial charge on any atom is 0.326 e. The highest BCUT2D eigenvalue weighted by Crippen LogP contribution is 2.29. The van der Waals surface area contributed by atoms with Gasteiger partial charge in [0.25, 0.3) is 0 Å².